The highest BCUT2D eigenvalue weighted by Gasteiger charge is 2.22. The molecule has 1 N–H and O–H groups in total. The van der Waals surface area contributed by atoms with Gasteiger partial charge in [0.05, 0.1) is 0 Å². The second-order valence-electron chi connectivity index (χ2n) is 5.41. The first-order chi connectivity index (χ1) is 12.6. The summed E-state index contributed by atoms with van der Waals surface area (Å²) in [6, 6.07) is 18.0. The molecule has 6 nitrogen and oxygen atoms in total. The lowest BCUT2D eigenvalue weighted by atomic mass is 10.1. The number of carbonyl (C=O) groups is 1. The largest absolute Gasteiger partial charge is 0.441 e. The van der Waals surface area contributed by atoms with Gasteiger partial charge in [-0.1, -0.05) is 65.3 Å². The van der Waals surface area contributed by atoms with Crippen LogP contribution in [0.3, 0.4) is 0 Å². The average Bonchev–Trinajstić information content (AvgIpc) is 3.05. The molecule has 0 aliphatic heterocycles. The lowest BCUT2D eigenvalue weighted by Gasteiger charge is -2.15. The van der Waals surface area contributed by atoms with E-state index in [1.807, 2.05) is 24.3 Å². The van der Waals surface area contributed by atoms with Gasteiger partial charge in [0.1, 0.15) is 17.9 Å². The van der Waals surface area contributed by atoms with Crippen LogP contribution in [0, 0.1) is 11.3 Å². The van der Waals surface area contributed by atoms with Crippen LogP contribution in [0.1, 0.15) is 24.3 Å². The summed E-state index contributed by atoms with van der Waals surface area (Å²) in [5, 5.41) is 15.9. The van der Waals surface area contributed by atoms with Gasteiger partial charge in [-0.25, -0.2) is 4.79 Å². The number of amides is 1. The molecular formula is C19H14ClN3O3. The number of nitrogens with zero attached hydrogens (tertiary/aromatic N) is 2. The number of halogens is 1. The number of benzene rings is 2. The monoisotopic (exact) mass is 367 g/mol. The van der Waals surface area contributed by atoms with E-state index in [0.717, 1.165) is 0 Å². The quantitative estimate of drug-likeness (QED) is 0.686. The highest BCUT2D eigenvalue weighted by molar-refractivity contribution is 6.31. The maximum Gasteiger partial charge on any atom is 0.412 e. The smallest absolute Gasteiger partial charge is 0.412 e. The number of nitrogens with one attached hydrogen (secondary N) is 1. The third kappa shape index (κ3) is 3.68. The van der Waals surface area contributed by atoms with Gasteiger partial charge >= 0.3 is 6.09 Å². The molecule has 0 bridgehead atoms. The molecule has 26 heavy (non-hydrogen) atoms. The van der Waals surface area contributed by atoms with Gasteiger partial charge in [-0.2, -0.15) is 5.26 Å². The van der Waals surface area contributed by atoms with Crippen molar-refractivity contribution in [2.75, 3.05) is 5.32 Å². The number of rotatable bonds is 4. The van der Waals surface area contributed by atoms with E-state index in [4.69, 9.17) is 20.9 Å². The molecule has 2 aromatic carbocycles. The fraction of sp³-hybridized carbons (Fsp3) is 0.105. The second-order valence-corrected chi connectivity index (χ2v) is 5.81. The van der Waals surface area contributed by atoms with E-state index in [9.17, 15) is 10.1 Å². The fourth-order valence-electron chi connectivity index (χ4n) is 2.43. The minimum Gasteiger partial charge on any atom is -0.441 e. The van der Waals surface area contributed by atoms with E-state index in [0.29, 0.717) is 16.1 Å². The molecule has 0 saturated heterocycles. The molecule has 0 aliphatic rings. The molecule has 7 heteroatoms. The third-order valence-electron chi connectivity index (χ3n) is 3.69. The molecule has 3 aromatic rings. The number of anilines is 1. The molecular weight excluding hydrogens is 354 g/mol. The summed E-state index contributed by atoms with van der Waals surface area (Å²) < 4.78 is 10.6. The Hall–Kier alpha value is -3.30. The molecule has 1 atom stereocenters. The first-order valence-electron chi connectivity index (χ1n) is 7.77. The van der Waals surface area contributed by atoms with E-state index in [1.165, 1.54) is 0 Å². The van der Waals surface area contributed by atoms with Crippen LogP contribution in [-0.2, 0) is 4.74 Å². The Morgan fingerprint density at radius 2 is 1.92 bits per heavy atom. The molecule has 0 aliphatic carbocycles. The summed E-state index contributed by atoms with van der Waals surface area (Å²) in [7, 11) is 0. The summed E-state index contributed by atoms with van der Waals surface area (Å²) in [6.45, 7) is 1.71. The summed E-state index contributed by atoms with van der Waals surface area (Å²) >= 11 is 6.12. The van der Waals surface area contributed by atoms with Gasteiger partial charge in [-0.3, -0.25) is 5.32 Å². The van der Waals surface area contributed by atoms with Crippen molar-refractivity contribution in [3.63, 3.8) is 0 Å². The van der Waals surface area contributed by atoms with Gasteiger partial charge in [-0.05, 0) is 13.0 Å². The fourth-order valence-corrected chi connectivity index (χ4v) is 2.72. The maximum atomic E-state index is 12.3. The molecule has 0 saturated carbocycles. The van der Waals surface area contributed by atoms with Crippen molar-refractivity contribution in [1.29, 1.82) is 5.26 Å². The van der Waals surface area contributed by atoms with Gasteiger partial charge in [0.25, 0.3) is 0 Å². The summed E-state index contributed by atoms with van der Waals surface area (Å²) in [5.41, 5.74) is 1.48. The summed E-state index contributed by atoms with van der Waals surface area (Å²) in [4.78, 5) is 12.3. The van der Waals surface area contributed by atoms with Gasteiger partial charge < -0.3 is 9.26 Å². The van der Waals surface area contributed by atoms with Gasteiger partial charge in [-0.15, -0.1) is 0 Å². The van der Waals surface area contributed by atoms with Crippen molar-refractivity contribution in [2.45, 2.75) is 13.0 Å². The topological polar surface area (TPSA) is 88.1 Å². The van der Waals surface area contributed by atoms with Crippen molar-refractivity contribution in [1.82, 2.24) is 5.16 Å². The first kappa shape index (κ1) is 17.5. The SMILES string of the molecule is CC(OC(=O)Nc1c(C#N)noc1-c1ccccc1)c1ccccc1Cl. The molecule has 1 amide bonds. The van der Waals surface area contributed by atoms with E-state index < -0.39 is 12.2 Å². The Bertz CT molecular complexity index is 964. The minimum atomic E-state index is -0.741. The summed E-state index contributed by atoms with van der Waals surface area (Å²) in [6.07, 6.45) is -1.32. The highest BCUT2D eigenvalue weighted by Crippen LogP contribution is 2.31. The van der Waals surface area contributed by atoms with E-state index in [1.54, 1.807) is 43.3 Å². The normalized spacial score (nSPS) is 11.4. The van der Waals surface area contributed by atoms with Crippen LogP contribution in [-0.4, -0.2) is 11.2 Å². The Labute approximate surface area is 154 Å². The van der Waals surface area contributed by atoms with Crippen LogP contribution in [0.5, 0.6) is 0 Å². The predicted octanol–water partition coefficient (Wildman–Crippen LogP) is 5.18. The first-order valence-corrected chi connectivity index (χ1v) is 8.15. The number of carbonyl (C=O) groups excluding carboxylic acids is 1. The zero-order valence-corrected chi connectivity index (χ0v) is 14.5. The van der Waals surface area contributed by atoms with Crippen molar-refractivity contribution < 1.29 is 14.1 Å². The van der Waals surface area contributed by atoms with Crippen molar-refractivity contribution in [3.8, 4) is 17.4 Å². The van der Waals surface area contributed by atoms with Gasteiger partial charge in [0.15, 0.2) is 5.76 Å². The lowest BCUT2D eigenvalue weighted by Crippen LogP contribution is -2.17. The minimum absolute atomic E-state index is 0.0359. The Morgan fingerprint density at radius 3 is 2.62 bits per heavy atom. The van der Waals surface area contributed by atoms with E-state index >= 15 is 0 Å². The number of hydrogen-bond acceptors (Lipinski definition) is 5. The number of aromatic nitrogens is 1. The number of ether oxygens (including phenoxy) is 1. The Morgan fingerprint density at radius 1 is 1.23 bits per heavy atom. The van der Waals surface area contributed by atoms with Crippen molar-refractivity contribution in [3.05, 3.63) is 70.9 Å². The van der Waals surface area contributed by atoms with Gasteiger partial charge in [0, 0.05) is 16.1 Å². The predicted molar refractivity (Wildman–Crippen MR) is 96.6 cm³/mol. The Balaban J connectivity index is 1.81. The van der Waals surface area contributed by atoms with E-state index in [2.05, 4.69) is 10.5 Å². The van der Waals surface area contributed by atoms with Crippen LogP contribution in [0.4, 0.5) is 10.5 Å². The van der Waals surface area contributed by atoms with Crippen LogP contribution in [0.15, 0.2) is 59.1 Å². The number of hydrogen-bond donors (Lipinski definition) is 1. The van der Waals surface area contributed by atoms with Crippen molar-refractivity contribution in [2.24, 2.45) is 0 Å². The van der Waals surface area contributed by atoms with Crippen LogP contribution < -0.4 is 5.32 Å². The van der Waals surface area contributed by atoms with Gasteiger partial charge in [0.2, 0.25) is 5.69 Å². The molecule has 1 aromatic heterocycles. The standard InChI is InChI=1S/C19H14ClN3O3/c1-12(14-9-5-6-10-15(14)20)25-19(24)22-17-16(11-21)23-26-18(17)13-7-3-2-4-8-13/h2-10,12H,1H3,(H,22,24). The van der Waals surface area contributed by atoms with Crippen molar-refractivity contribution >= 4 is 23.4 Å². The summed E-state index contributed by atoms with van der Waals surface area (Å²) in [5.74, 6) is 0.282. The average molecular weight is 368 g/mol. The molecule has 1 heterocycles. The molecule has 0 fully saturated rings. The molecule has 3 rings (SSSR count). The molecule has 130 valence electrons. The lowest BCUT2D eigenvalue weighted by molar-refractivity contribution is 0.121. The Kier molecular flexibility index (Phi) is 5.20. The highest BCUT2D eigenvalue weighted by atomic mass is 35.5. The van der Waals surface area contributed by atoms with E-state index in [-0.39, 0.29) is 17.1 Å². The zero-order chi connectivity index (χ0) is 18.5. The third-order valence-corrected chi connectivity index (χ3v) is 4.03. The zero-order valence-electron chi connectivity index (χ0n) is 13.8. The number of nitriles is 1. The van der Waals surface area contributed by atoms with Crippen LogP contribution >= 0.6 is 11.6 Å². The molecule has 0 radical (unpaired) electrons. The van der Waals surface area contributed by atoms with Crippen LogP contribution in [0.25, 0.3) is 11.3 Å². The second kappa shape index (κ2) is 7.72. The molecule has 1 unspecified atom stereocenters. The van der Waals surface area contributed by atoms with Crippen LogP contribution in [0.2, 0.25) is 5.02 Å². The molecule has 0 spiro atoms. The maximum absolute atomic E-state index is 12.3.